The first-order chi connectivity index (χ1) is 15.3. The molecule has 0 radical (unpaired) electrons. The minimum atomic E-state index is -5.14. The molecule has 7 nitrogen and oxygen atoms in total. The fourth-order valence-corrected chi connectivity index (χ4v) is 4.28. The Balaban J connectivity index is -0.00000480. The van der Waals surface area contributed by atoms with Crippen LogP contribution in [0, 0.1) is 0 Å². The Bertz CT molecular complexity index is 586. The monoisotopic (exact) mass is 522 g/mol. The van der Waals surface area contributed by atoms with Gasteiger partial charge >= 0.3 is 65.1 Å². The molecule has 0 fully saturated rings. The van der Waals surface area contributed by atoms with Crippen LogP contribution in [0.5, 0.6) is 0 Å². The van der Waals surface area contributed by atoms with Crippen molar-refractivity contribution in [2.24, 2.45) is 0 Å². The van der Waals surface area contributed by atoms with Gasteiger partial charge in [-0.15, -0.1) is 0 Å². The second-order valence-corrected chi connectivity index (χ2v) is 10.3. The van der Waals surface area contributed by atoms with Crippen LogP contribution in [0.2, 0.25) is 0 Å². The molecule has 0 saturated carbocycles. The number of carboxylic acid groups (broad SMARTS) is 1. The first-order valence-electron chi connectivity index (χ1n) is 12.6. The van der Waals surface area contributed by atoms with E-state index in [0.717, 1.165) is 19.3 Å². The number of carbonyl (C=O) groups excluding carboxylic acids is 2. The molecular formula is C24H44Na2O7S. The van der Waals surface area contributed by atoms with Crippen molar-refractivity contribution >= 4 is 22.1 Å². The molecule has 0 heterocycles. The average molecular weight is 523 g/mol. The third kappa shape index (κ3) is 25.9. The zero-order valence-electron chi connectivity index (χ0n) is 22.0. The van der Waals surface area contributed by atoms with Gasteiger partial charge in [-0.3, -0.25) is 4.79 Å². The fourth-order valence-electron chi connectivity index (χ4n) is 3.70. The summed E-state index contributed by atoms with van der Waals surface area (Å²) in [6.07, 6.45) is 21.5. The molecule has 0 aliphatic heterocycles. The molecule has 0 amide bonds. The number of esters is 1. The molecule has 190 valence electrons. The first-order valence-corrected chi connectivity index (χ1v) is 14.1. The number of hydrogen-bond acceptors (Lipinski definition) is 7. The van der Waals surface area contributed by atoms with Crippen molar-refractivity contribution in [1.29, 1.82) is 0 Å². The van der Waals surface area contributed by atoms with Gasteiger partial charge in [0.25, 0.3) is 0 Å². The van der Waals surface area contributed by atoms with Crippen LogP contribution in [0.1, 0.15) is 129 Å². The maximum Gasteiger partial charge on any atom is 1.00 e. The van der Waals surface area contributed by atoms with Crippen molar-refractivity contribution in [2.75, 3.05) is 6.61 Å². The Hall–Kier alpha value is 0.850. The van der Waals surface area contributed by atoms with Crippen LogP contribution in [-0.4, -0.2) is 36.8 Å². The molecule has 1 unspecified atom stereocenters. The molecule has 0 spiro atoms. The molecule has 34 heavy (non-hydrogen) atoms. The van der Waals surface area contributed by atoms with E-state index in [0.29, 0.717) is 6.42 Å². The zero-order chi connectivity index (χ0) is 24.1. The van der Waals surface area contributed by atoms with Crippen LogP contribution in [-0.2, 0) is 24.4 Å². The Morgan fingerprint density at radius 2 is 1.00 bits per heavy atom. The van der Waals surface area contributed by atoms with Crippen molar-refractivity contribution in [1.82, 2.24) is 0 Å². The van der Waals surface area contributed by atoms with Crippen LogP contribution in [0.4, 0.5) is 0 Å². The summed E-state index contributed by atoms with van der Waals surface area (Å²) in [5.74, 6) is -3.09. The normalized spacial score (nSPS) is 11.8. The van der Waals surface area contributed by atoms with Gasteiger partial charge in [-0.2, -0.15) is 0 Å². The largest absolute Gasteiger partial charge is 1.00 e. The Morgan fingerprint density at radius 3 is 1.29 bits per heavy atom. The first kappa shape index (κ1) is 39.4. The molecule has 0 saturated heterocycles. The standard InChI is InChI=1S/C24H46O7S.2Na/c1-2-3-4-5-6-7-8-9-10-11-12-13-14-15-16-17-18-19-20-31-23(25)21-22(24(26)27)32(28,29)30;;/h22H,2-21H2,1H3,(H,26,27)(H,28,29,30);;/q;2*+1/p-2. The van der Waals surface area contributed by atoms with Crippen LogP contribution >= 0.6 is 0 Å². The van der Waals surface area contributed by atoms with Crippen molar-refractivity contribution in [3.63, 3.8) is 0 Å². The third-order valence-corrected chi connectivity index (χ3v) is 6.78. The number of carboxylic acids is 1. The minimum absolute atomic E-state index is 0. The number of aliphatic carboxylic acids is 1. The molecule has 0 aliphatic carbocycles. The van der Waals surface area contributed by atoms with Crippen molar-refractivity contribution < 1.29 is 91.5 Å². The minimum Gasteiger partial charge on any atom is -0.747 e. The van der Waals surface area contributed by atoms with E-state index >= 15 is 0 Å². The predicted molar refractivity (Wildman–Crippen MR) is 123 cm³/mol. The van der Waals surface area contributed by atoms with Gasteiger partial charge in [0.15, 0.2) is 0 Å². The van der Waals surface area contributed by atoms with Crippen LogP contribution in [0.25, 0.3) is 0 Å². The smallest absolute Gasteiger partial charge is 0.747 e. The molecule has 0 rings (SSSR count). The summed E-state index contributed by atoms with van der Waals surface area (Å²) in [4.78, 5) is 22.1. The molecule has 1 atom stereocenters. The van der Waals surface area contributed by atoms with Gasteiger partial charge in [0.05, 0.1) is 24.2 Å². The summed E-state index contributed by atoms with van der Waals surface area (Å²) < 4.78 is 37.1. The van der Waals surface area contributed by atoms with E-state index in [2.05, 4.69) is 6.92 Å². The van der Waals surface area contributed by atoms with E-state index in [9.17, 15) is 27.7 Å². The molecule has 0 aromatic heterocycles. The van der Waals surface area contributed by atoms with Crippen molar-refractivity contribution in [2.45, 2.75) is 134 Å². The quantitative estimate of drug-likeness (QED) is 0.0702. The third-order valence-electron chi connectivity index (χ3n) is 5.72. The second-order valence-electron chi connectivity index (χ2n) is 8.74. The van der Waals surface area contributed by atoms with Crippen LogP contribution in [0.3, 0.4) is 0 Å². The number of ether oxygens (including phenoxy) is 1. The summed E-state index contributed by atoms with van der Waals surface area (Å²) in [7, 11) is -5.14. The number of carbonyl (C=O) groups is 2. The molecule has 0 bridgehead atoms. The summed E-state index contributed by atoms with van der Waals surface area (Å²) in [5, 5.41) is 8.24. The maximum atomic E-state index is 11.5. The van der Waals surface area contributed by atoms with Gasteiger partial charge in [0.1, 0.15) is 10.1 Å². The van der Waals surface area contributed by atoms with Gasteiger partial charge in [-0.1, -0.05) is 116 Å². The van der Waals surface area contributed by atoms with E-state index in [-0.39, 0.29) is 65.7 Å². The summed E-state index contributed by atoms with van der Waals surface area (Å²) >= 11 is 0. The number of hydrogen-bond donors (Lipinski definition) is 0. The molecular weight excluding hydrogens is 478 g/mol. The van der Waals surface area contributed by atoms with Crippen molar-refractivity contribution in [3.8, 4) is 0 Å². The van der Waals surface area contributed by atoms with Crippen LogP contribution < -0.4 is 64.2 Å². The predicted octanol–water partition coefficient (Wildman–Crippen LogP) is -1.37. The van der Waals surface area contributed by atoms with E-state index in [1.54, 1.807) is 0 Å². The summed E-state index contributed by atoms with van der Waals surface area (Å²) in [6.45, 7) is 2.35. The van der Waals surface area contributed by atoms with Crippen LogP contribution in [0.15, 0.2) is 0 Å². The molecule has 0 aromatic rings. The molecule has 0 aromatic carbocycles. The van der Waals surface area contributed by atoms with E-state index in [1.807, 2.05) is 0 Å². The molecule has 0 N–H and O–H groups in total. The molecule has 10 heteroatoms. The van der Waals surface area contributed by atoms with Gasteiger partial charge in [0, 0.05) is 0 Å². The fraction of sp³-hybridized carbons (Fsp3) is 0.917. The second kappa shape index (κ2) is 26.9. The summed E-state index contributed by atoms with van der Waals surface area (Å²) in [5.41, 5.74) is 0. The zero-order valence-corrected chi connectivity index (χ0v) is 26.8. The van der Waals surface area contributed by atoms with E-state index in [1.165, 1.54) is 89.9 Å². The number of unbranched alkanes of at least 4 members (excludes halogenated alkanes) is 17. The van der Waals surface area contributed by atoms with Crippen molar-refractivity contribution in [3.05, 3.63) is 0 Å². The van der Waals surface area contributed by atoms with E-state index < -0.39 is 33.7 Å². The Labute approximate surface area is 252 Å². The van der Waals surface area contributed by atoms with Gasteiger partial charge in [-0.05, 0) is 6.42 Å². The topological polar surface area (TPSA) is 124 Å². The molecule has 0 aliphatic rings. The van der Waals surface area contributed by atoms with Gasteiger partial charge in [-0.25, -0.2) is 8.42 Å². The maximum absolute atomic E-state index is 11.5. The number of rotatable bonds is 23. The van der Waals surface area contributed by atoms with Gasteiger partial charge in [0.2, 0.25) is 0 Å². The Kier molecular flexibility index (Phi) is 31.1. The average Bonchev–Trinajstić information content (AvgIpc) is 2.72. The summed E-state index contributed by atoms with van der Waals surface area (Å²) in [6, 6.07) is 0. The Morgan fingerprint density at radius 1 is 0.676 bits per heavy atom. The SMILES string of the molecule is CCCCCCCCCCCCCCCCCCCCOC(=O)CC(C(=O)[O-])S(=O)(=O)[O-].[Na+].[Na+]. The van der Waals surface area contributed by atoms with Gasteiger partial charge < -0.3 is 19.2 Å². The van der Waals surface area contributed by atoms with E-state index in [4.69, 9.17) is 4.74 Å².